The van der Waals surface area contributed by atoms with E-state index in [0.717, 1.165) is 65.0 Å². The van der Waals surface area contributed by atoms with Gasteiger partial charge in [-0.05, 0) is 93.0 Å². The molecule has 2 heterocycles. The fourth-order valence-corrected chi connectivity index (χ4v) is 7.00. The first-order valence-electron chi connectivity index (χ1n) is 16.3. The predicted molar refractivity (Wildman–Crippen MR) is 168 cm³/mol. The molecule has 4 heteroatoms. The number of carbonyl (C=O) groups is 1. The van der Waals surface area contributed by atoms with Crippen LogP contribution in [0.25, 0.3) is 0 Å². The van der Waals surface area contributed by atoms with Gasteiger partial charge in [-0.2, -0.15) is 0 Å². The number of carbonyl (C=O) groups excluding carboxylic acids is 1. The maximum absolute atomic E-state index is 12.6. The molecule has 0 radical (unpaired) electrons. The van der Waals surface area contributed by atoms with Crippen molar-refractivity contribution in [3.8, 4) is 17.2 Å². The number of phenolic OH excluding ortho intramolecular Hbond substituents is 1. The van der Waals surface area contributed by atoms with Crippen molar-refractivity contribution in [3.05, 3.63) is 52.1 Å². The van der Waals surface area contributed by atoms with Crippen LogP contribution in [0.15, 0.2) is 24.3 Å². The number of fused-ring (bicyclic) bond motifs is 3. The zero-order valence-electron chi connectivity index (χ0n) is 26.8. The summed E-state index contributed by atoms with van der Waals surface area (Å²) in [5.74, 6) is 4.09. The van der Waals surface area contributed by atoms with E-state index in [0.29, 0.717) is 12.2 Å². The van der Waals surface area contributed by atoms with Crippen LogP contribution in [0.3, 0.4) is 0 Å². The van der Waals surface area contributed by atoms with Gasteiger partial charge in [0.15, 0.2) is 0 Å². The Morgan fingerprint density at radius 1 is 0.878 bits per heavy atom. The van der Waals surface area contributed by atoms with Gasteiger partial charge in [0, 0.05) is 17.0 Å². The second-order valence-corrected chi connectivity index (χ2v) is 14.0. The minimum atomic E-state index is -0.200. The quantitative estimate of drug-likeness (QED) is 0.195. The second kappa shape index (κ2) is 13.7. The Morgan fingerprint density at radius 2 is 1.46 bits per heavy atom. The van der Waals surface area contributed by atoms with Gasteiger partial charge in [-0.25, -0.2) is 0 Å². The first-order valence-corrected chi connectivity index (χ1v) is 16.3. The molecule has 2 aromatic rings. The van der Waals surface area contributed by atoms with E-state index in [1.54, 1.807) is 12.1 Å². The van der Waals surface area contributed by atoms with Crippen molar-refractivity contribution in [2.45, 2.75) is 137 Å². The Kier molecular flexibility index (Phi) is 10.5. The zero-order valence-corrected chi connectivity index (χ0v) is 26.8. The van der Waals surface area contributed by atoms with E-state index < -0.39 is 0 Å². The standard InChI is InChI=1S/C37H54O4/c1-24(2)11-8-12-25(3)13-9-14-26(4)15-10-21-37(7)22-20-31-34-32(29-16-18-30(38)19-17-29)23-33(39)40-36(34)28(6)27(5)35(31)41-37/h16-19,24-26,32,38H,8-15,20-23H2,1-7H3/t25-,26-,32+,37+/m0/s1. The number of rotatable bonds is 13. The Hall–Kier alpha value is -2.49. The third-order valence-corrected chi connectivity index (χ3v) is 9.85. The molecule has 0 bridgehead atoms. The van der Waals surface area contributed by atoms with E-state index in [2.05, 4.69) is 41.5 Å². The Balaban J connectivity index is 1.38. The van der Waals surface area contributed by atoms with Gasteiger partial charge >= 0.3 is 5.97 Å². The monoisotopic (exact) mass is 562 g/mol. The second-order valence-electron chi connectivity index (χ2n) is 14.0. The summed E-state index contributed by atoms with van der Waals surface area (Å²) in [6.07, 6.45) is 13.9. The van der Waals surface area contributed by atoms with Gasteiger partial charge in [-0.1, -0.05) is 84.8 Å². The fraction of sp³-hybridized carbons (Fsp3) is 0.649. The molecule has 0 amide bonds. The van der Waals surface area contributed by atoms with Crippen molar-refractivity contribution >= 4 is 5.97 Å². The molecule has 4 rings (SSSR count). The average molecular weight is 563 g/mol. The first kappa shape index (κ1) is 31.4. The van der Waals surface area contributed by atoms with Gasteiger partial charge in [-0.15, -0.1) is 0 Å². The van der Waals surface area contributed by atoms with Crippen molar-refractivity contribution in [1.82, 2.24) is 0 Å². The molecular formula is C37H54O4. The number of ether oxygens (including phenoxy) is 2. The summed E-state index contributed by atoms with van der Waals surface area (Å²) in [7, 11) is 0. The van der Waals surface area contributed by atoms with Crippen LogP contribution < -0.4 is 9.47 Å². The van der Waals surface area contributed by atoms with Crippen LogP contribution in [0.5, 0.6) is 17.2 Å². The van der Waals surface area contributed by atoms with Gasteiger partial charge in [0.05, 0.1) is 6.42 Å². The lowest BCUT2D eigenvalue weighted by molar-refractivity contribution is -0.135. The van der Waals surface area contributed by atoms with Crippen molar-refractivity contribution in [2.24, 2.45) is 17.8 Å². The van der Waals surface area contributed by atoms with Crippen LogP contribution in [0.4, 0.5) is 0 Å². The van der Waals surface area contributed by atoms with E-state index in [4.69, 9.17) is 9.47 Å². The van der Waals surface area contributed by atoms with Crippen LogP contribution in [-0.4, -0.2) is 16.7 Å². The third kappa shape index (κ3) is 7.87. The van der Waals surface area contributed by atoms with Crippen molar-refractivity contribution in [2.75, 3.05) is 0 Å². The molecule has 0 spiro atoms. The molecule has 0 aromatic heterocycles. The Labute approximate surface area is 249 Å². The average Bonchev–Trinajstić information content (AvgIpc) is 2.91. The largest absolute Gasteiger partial charge is 0.508 e. The van der Waals surface area contributed by atoms with Crippen molar-refractivity contribution in [1.29, 1.82) is 0 Å². The molecule has 0 unspecified atom stereocenters. The van der Waals surface area contributed by atoms with E-state index >= 15 is 0 Å². The molecule has 2 aromatic carbocycles. The Bertz CT molecular complexity index is 1180. The summed E-state index contributed by atoms with van der Waals surface area (Å²) >= 11 is 0. The number of hydrogen-bond acceptors (Lipinski definition) is 4. The summed E-state index contributed by atoms with van der Waals surface area (Å²) in [6.45, 7) is 15.9. The highest BCUT2D eigenvalue weighted by Gasteiger charge is 2.40. The fourth-order valence-electron chi connectivity index (χ4n) is 7.00. The van der Waals surface area contributed by atoms with E-state index in [9.17, 15) is 9.90 Å². The third-order valence-electron chi connectivity index (χ3n) is 9.85. The maximum atomic E-state index is 12.6. The van der Waals surface area contributed by atoms with Crippen molar-refractivity contribution in [3.63, 3.8) is 0 Å². The number of hydrogen-bond donors (Lipinski definition) is 1. The Morgan fingerprint density at radius 3 is 2.10 bits per heavy atom. The zero-order chi connectivity index (χ0) is 29.7. The van der Waals surface area contributed by atoms with E-state index in [1.165, 1.54) is 56.9 Å². The van der Waals surface area contributed by atoms with Gasteiger partial charge in [0.2, 0.25) is 0 Å². The lowest BCUT2D eigenvalue weighted by atomic mass is 9.77. The topological polar surface area (TPSA) is 55.8 Å². The molecule has 0 saturated heterocycles. The number of phenols is 1. The molecule has 0 aliphatic carbocycles. The molecule has 1 N–H and O–H groups in total. The van der Waals surface area contributed by atoms with Crippen LogP contribution >= 0.6 is 0 Å². The molecule has 2 aliphatic rings. The maximum Gasteiger partial charge on any atom is 0.312 e. The van der Waals surface area contributed by atoms with Gasteiger partial charge in [-0.3, -0.25) is 4.79 Å². The van der Waals surface area contributed by atoms with Crippen LogP contribution in [0.1, 0.15) is 139 Å². The minimum Gasteiger partial charge on any atom is -0.508 e. The van der Waals surface area contributed by atoms with E-state index in [-0.39, 0.29) is 23.2 Å². The summed E-state index contributed by atoms with van der Waals surface area (Å²) in [5, 5.41) is 9.83. The summed E-state index contributed by atoms with van der Waals surface area (Å²) in [4.78, 5) is 12.6. The highest BCUT2D eigenvalue weighted by molar-refractivity contribution is 5.80. The van der Waals surface area contributed by atoms with Crippen LogP contribution in [0.2, 0.25) is 0 Å². The number of esters is 1. The SMILES string of the molecule is Cc1c(C)c2c(c3c1O[C@](C)(CCC[C@@H](C)CCC[C@@H](C)CCCC(C)C)CC3)[C@@H](c1ccc(O)cc1)CC(=O)O2. The molecule has 0 fully saturated rings. The molecule has 4 atom stereocenters. The molecule has 4 nitrogen and oxygen atoms in total. The molecule has 0 saturated carbocycles. The summed E-state index contributed by atoms with van der Waals surface area (Å²) < 4.78 is 12.8. The molecule has 226 valence electrons. The number of aromatic hydroxyl groups is 1. The molecule has 2 aliphatic heterocycles. The van der Waals surface area contributed by atoms with Gasteiger partial charge in [0.25, 0.3) is 0 Å². The lowest BCUT2D eigenvalue weighted by Crippen LogP contribution is -2.38. The highest BCUT2D eigenvalue weighted by Crippen LogP contribution is 2.51. The summed E-state index contributed by atoms with van der Waals surface area (Å²) in [6, 6.07) is 7.25. The van der Waals surface area contributed by atoms with Crippen LogP contribution in [0, 0.1) is 31.6 Å². The van der Waals surface area contributed by atoms with Crippen molar-refractivity contribution < 1.29 is 19.4 Å². The molecular weight excluding hydrogens is 508 g/mol. The smallest absolute Gasteiger partial charge is 0.312 e. The summed E-state index contributed by atoms with van der Waals surface area (Å²) in [5.41, 5.74) is 5.22. The predicted octanol–water partition coefficient (Wildman–Crippen LogP) is 9.97. The van der Waals surface area contributed by atoms with Gasteiger partial charge in [0.1, 0.15) is 22.8 Å². The highest BCUT2D eigenvalue weighted by atomic mass is 16.5. The number of benzene rings is 2. The normalized spacial score (nSPS) is 21.6. The van der Waals surface area contributed by atoms with Crippen LogP contribution in [-0.2, 0) is 11.2 Å². The van der Waals surface area contributed by atoms with Gasteiger partial charge < -0.3 is 14.6 Å². The first-order chi connectivity index (χ1) is 19.5. The lowest BCUT2D eigenvalue weighted by Gasteiger charge is -2.40. The van der Waals surface area contributed by atoms with E-state index in [1.807, 2.05) is 19.1 Å². The molecule has 41 heavy (non-hydrogen) atoms. The minimum absolute atomic E-state index is 0.0911.